The fraction of sp³-hybridized carbons (Fsp3) is 0.267. The summed E-state index contributed by atoms with van der Waals surface area (Å²) in [6, 6.07) is 9.72. The molecule has 1 aliphatic rings. The molecule has 0 spiro atoms. The Bertz CT molecular complexity index is 603. The van der Waals surface area contributed by atoms with Gasteiger partial charge < -0.3 is 4.90 Å². The first kappa shape index (κ1) is 12.8. The Balaban J connectivity index is 1.87. The minimum absolute atomic E-state index is 0.109. The molecule has 0 saturated heterocycles. The highest BCUT2D eigenvalue weighted by Crippen LogP contribution is 2.33. The van der Waals surface area contributed by atoms with Gasteiger partial charge in [-0.05, 0) is 54.6 Å². The van der Waals surface area contributed by atoms with Gasteiger partial charge in [0.25, 0.3) is 5.91 Å². The summed E-state index contributed by atoms with van der Waals surface area (Å²) < 4.78 is 0. The predicted molar refractivity (Wildman–Crippen MR) is 81.2 cm³/mol. The lowest BCUT2D eigenvalue weighted by Crippen LogP contribution is -2.38. The van der Waals surface area contributed by atoms with E-state index in [1.54, 1.807) is 11.3 Å². The van der Waals surface area contributed by atoms with Gasteiger partial charge in [0.15, 0.2) is 0 Å². The van der Waals surface area contributed by atoms with Crippen LogP contribution in [0.5, 0.6) is 0 Å². The van der Waals surface area contributed by atoms with E-state index >= 15 is 0 Å². The van der Waals surface area contributed by atoms with Gasteiger partial charge in [0.1, 0.15) is 0 Å². The molecule has 1 amide bonds. The lowest BCUT2D eigenvalue weighted by atomic mass is 10.0. The van der Waals surface area contributed by atoms with Crippen LogP contribution >= 0.6 is 24.0 Å². The van der Waals surface area contributed by atoms with Crippen LogP contribution in [0.3, 0.4) is 0 Å². The molecule has 1 aromatic heterocycles. The van der Waals surface area contributed by atoms with E-state index in [4.69, 9.17) is 0 Å². The Kier molecular flexibility index (Phi) is 3.37. The van der Waals surface area contributed by atoms with Gasteiger partial charge in [-0.3, -0.25) is 4.79 Å². The van der Waals surface area contributed by atoms with Crippen LogP contribution in [0.25, 0.3) is 0 Å². The van der Waals surface area contributed by atoms with Crippen molar-refractivity contribution in [1.29, 1.82) is 0 Å². The summed E-state index contributed by atoms with van der Waals surface area (Å²) in [7, 11) is 0. The summed E-state index contributed by atoms with van der Waals surface area (Å²) in [4.78, 5) is 16.8. The molecule has 19 heavy (non-hydrogen) atoms. The summed E-state index contributed by atoms with van der Waals surface area (Å²) in [6.45, 7) is 2.91. The topological polar surface area (TPSA) is 20.3 Å². The third-order valence-corrected chi connectivity index (χ3v) is 4.95. The van der Waals surface area contributed by atoms with E-state index in [-0.39, 0.29) is 11.9 Å². The number of hydrogen-bond acceptors (Lipinski definition) is 3. The maximum Gasteiger partial charge on any atom is 0.254 e. The molecule has 2 aromatic rings. The first-order chi connectivity index (χ1) is 9.16. The maximum absolute atomic E-state index is 12.6. The number of rotatable bonds is 1. The van der Waals surface area contributed by atoms with Crippen molar-refractivity contribution in [3.8, 4) is 0 Å². The van der Waals surface area contributed by atoms with E-state index in [0.29, 0.717) is 0 Å². The first-order valence-electron chi connectivity index (χ1n) is 6.33. The Labute approximate surface area is 122 Å². The minimum atomic E-state index is 0.109. The zero-order valence-corrected chi connectivity index (χ0v) is 12.4. The molecule has 1 aliphatic heterocycles. The number of carbonyl (C=O) groups excluding carboxylic acids is 1. The van der Waals surface area contributed by atoms with Crippen molar-refractivity contribution in [3.63, 3.8) is 0 Å². The SMILES string of the molecule is CC1c2ccsc2CCN1C(=O)c1ccc(S)cc1. The number of thiol groups is 1. The van der Waals surface area contributed by atoms with Crippen LogP contribution in [-0.4, -0.2) is 17.4 Å². The van der Waals surface area contributed by atoms with Crippen LogP contribution in [0, 0.1) is 0 Å². The van der Waals surface area contributed by atoms with Gasteiger partial charge in [-0.25, -0.2) is 0 Å². The molecule has 0 bridgehead atoms. The van der Waals surface area contributed by atoms with Gasteiger partial charge in [0.2, 0.25) is 0 Å². The van der Waals surface area contributed by atoms with Crippen LogP contribution in [0.2, 0.25) is 0 Å². The summed E-state index contributed by atoms with van der Waals surface area (Å²) in [5.41, 5.74) is 2.04. The molecular weight excluding hydrogens is 274 g/mol. The van der Waals surface area contributed by atoms with Gasteiger partial charge in [-0.1, -0.05) is 0 Å². The van der Waals surface area contributed by atoms with E-state index in [9.17, 15) is 4.79 Å². The van der Waals surface area contributed by atoms with Crippen molar-refractivity contribution in [3.05, 3.63) is 51.7 Å². The third-order valence-electron chi connectivity index (χ3n) is 3.65. The largest absolute Gasteiger partial charge is 0.331 e. The molecule has 1 atom stereocenters. The Morgan fingerprint density at radius 1 is 1.32 bits per heavy atom. The summed E-state index contributed by atoms with van der Waals surface area (Å²) in [5.74, 6) is 0.109. The standard InChI is InChI=1S/C15H15NOS2/c1-10-13-7-9-19-14(13)6-8-16(10)15(17)11-2-4-12(18)5-3-11/h2-5,7,9-10,18H,6,8H2,1H3. The Morgan fingerprint density at radius 3 is 2.79 bits per heavy atom. The molecule has 3 rings (SSSR count). The quantitative estimate of drug-likeness (QED) is 0.792. The number of carbonyl (C=O) groups is 1. The fourth-order valence-electron chi connectivity index (χ4n) is 2.56. The molecule has 2 heterocycles. The maximum atomic E-state index is 12.6. The van der Waals surface area contributed by atoms with Crippen LogP contribution < -0.4 is 0 Å². The first-order valence-corrected chi connectivity index (χ1v) is 7.66. The monoisotopic (exact) mass is 289 g/mol. The molecule has 2 nitrogen and oxygen atoms in total. The van der Waals surface area contributed by atoms with Crippen molar-refractivity contribution in [2.75, 3.05) is 6.54 Å². The number of thiophene rings is 1. The average molecular weight is 289 g/mol. The second-order valence-corrected chi connectivity index (χ2v) is 6.29. The van der Waals surface area contributed by atoms with Gasteiger partial charge in [-0.2, -0.15) is 0 Å². The molecule has 1 unspecified atom stereocenters. The molecule has 98 valence electrons. The van der Waals surface area contributed by atoms with Crippen LogP contribution in [-0.2, 0) is 6.42 Å². The highest BCUT2D eigenvalue weighted by atomic mass is 32.1. The van der Waals surface area contributed by atoms with E-state index in [0.717, 1.165) is 23.4 Å². The number of benzene rings is 1. The Morgan fingerprint density at radius 2 is 2.05 bits per heavy atom. The number of fused-ring (bicyclic) bond motifs is 1. The molecule has 4 heteroatoms. The lowest BCUT2D eigenvalue weighted by Gasteiger charge is -2.33. The number of amides is 1. The second-order valence-electron chi connectivity index (χ2n) is 4.77. The highest BCUT2D eigenvalue weighted by Gasteiger charge is 2.28. The van der Waals surface area contributed by atoms with Crippen molar-refractivity contribution < 1.29 is 4.79 Å². The zero-order valence-electron chi connectivity index (χ0n) is 10.7. The summed E-state index contributed by atoms with van der Waals surface area (Å²) in [5, 5.41) is 2.12. The average Bonchev–Trinajstić information content (AvgIpc) is 2.88. The summed E-state index contributed by atoms with van der Waals surface area (Å²) >= 11 is 6.04. The third kappa shape index (κ3) is 2.30. The van der Waals surface area contributed by atoms with E-state index in [1.165, 1.54) is 10.4 Å². The normalized spacial score (nSPS) is 18.2. The van der Waals surface area contributed by atoms with Gasteiger partial charge >= 0.3 is 0 Å². The summed E-state index contributed by atoms with van der Waals surface area (Å²) in [6.07, 6.45) is 0.966. The van der Waals surface area contributed by atoms with Crippen LogP contribution in [0.15, 0.2) is 40.6 Å². The second kappa shape index (κ2) is 5.02. The van der Waals surface area contributed by atoms with E-state index in [2.05, 4.69) is 31.0 Å². The molecule has 0 fully saturated rings. The van der Waals surface area contributed by atoms with Crippen molar-refractivity contribution >= 4 is 29.9 Å². The molecule has 0 radical (unpaired) electrons. The minimum Gasteiger partial charge on any atom is -0.331 e. The van der Waals surface area contributed by atoms with E-state index in [1.807, 2.05) is 29.2 Å². The molecule has 0 aliphatic carbocycles. The molecular formula is C15H15NOS2. The lowest BCUT2D eigenvalue weighted by molar-refractivity contribution is 0.0679. The van der Waals surface area contributed by atoms with Gasteiger partial charge in [0.05, 0.1) is 6.04 Å². The van der Waals surface area contributed by atoms with E-state index < -0.39 is 0 Å². The van der Waals surface area contributed by atoms with Crippen LogP contribution in [0.1, 0.15) is 33.8 Å². The number of hydrogen-bond donors (Lipinski definition) is 1. The molecule has 0 N–H and O–H groups in total. The van der Waals surface area contributed by atoms with Gasteiger partial charge in [-0.15, -0.1) is 24.0 Å². The smallest absolute Gasteiger partial charge is 0.254 e. The molecule has 0 saturated carbocycles. The van der Waals surface area contributed by atoms with Crippen LogP contribution in [0.4, 0.5) is 0 Å². The zero-order chi connectivity index (χ0) is 13.4. The van der Waals surface area contributed by atoms with Crippen molar-refractivity contribution in [1.82, 2.24) is 4.90 Å². The molecule has 1 aromatic carbocycles. The van der Waals surface area contributed by atoms with Gasteiger partial charge in [0, 0.05) is 21.9 Å². The fourth-order valence-corrected chi connectivity index (χ4v) is 3.67. The van der Waals surface area contributed by atoms with Crippen molar-refractivity contribution in [2.24, 2.45) is 0 Å². The predicted octanol–water partition coefficient (Wildman–Crippen LogP) is 3.80. The highest BCUT2D eigenvalue weighted by molar-refractivity contribution is 7.80. The number of nitrogens with zero attached hydrogens (tertiary/aromatic N) is 1. The Hall–Kier alpha value is -1.26. The van der Waals surface area contributed by atoms with Crippen molar-refractivity contribution in [2.45, 2.75) is 24.3 Å².